The van der Waals surface area contributed by atoms with Crippen molar-refractivity contribution >= 4 is 29.0 Å². The van der Waals surface area contributed by atoms with Crippen LogP contribution in [0.1, 0.15) is 29.6 Å². The van der Waals surface area contributed by atoms with Crippen LogP contribution in [0.2, 0.25) is 10.0 Å². The van der Waals surface area contributed by atoms with Crippen LogP contribution in [0.25, 0.3) is 0 Å². The molecule has 2 rings (SSSR count). The molecule has 4 heteroatoms. The van der Waals surface area contributed by atoms with Gasteiger partial charge in [0.15, 0.2) is 5.78 Å². The Morgan fingerprint density at radius 3 is 2.81 bits per heavy atom. The minimum atomic E-state index is -0.107. The summed E-state index contributed by atoms with van der Waals surface area (Å²) >= 11 is 11.9. The van der Waals surface area contributed by atoms with Gasteiger partial charge in [-0.25, -0.2) is 0 Å². The molecule has 1 unspecified atom stereocenters. The fourth-order valence-electron chi connectivity index (χ4n) is 1.96. The molecule has 0 aromatic heterocycles. The number of rotatable bonds is 2. The zero-order chi connectivity index (χ0) is 11.5. The van der Waals surface area contributed by atoms with Crippen molar-refractivity contribution in [3.8, 4) is 0 Å². The number of carbonyl (C=O) groups excluding carboxylic acids is 1. The highest BCUT2D eigenvalue weighted by Crippen LogP contribution is 2.27. The van der Waals surface area contributed by atoms with Gasteiger partial charge in [0.1, 0.15) is 0 Å². The fourth-order valence-corrected chi connectivity index (χ4v) is 2.35. The largest absolute Gasteiger partial charge is 0.307 e. The summed E-state index contributed by atoms with van der Waals surface area (Å²) in [7, 11) is 0. The number of hydrogen-bond acceptors (Lipinski definition) is 2. The maximum atomic E-state index is 12.2. The maximum absolute atomic E-state index is 12.2. The summed E-state index contributed by atoms with van der Waals surface area (Å²) in [4.78, 5) is 12.2. The first-order valence-corrected chi connectivity index (χ1v) is 6.17. The molecule has 0 bridgehead atoms. The second-order valence-corrected chi connectivity index (χ2v) is 4.75. The lowest BCUT2D eigenvalue weighted by atomic mass is 9.96. The molecule has 1 saturated heterocycles. The molecule has 1 N–H and O–H groups in total. The first-order valence-electron chi connectivity index (χ1n) is 5.42. The molecule has 16 heavy (non-hydrogen) atoms. The van der Waals surface area contributed by atoms with E-state index in [1.807, 2.05) is 0 Å². The van der Waals surface area contributed by atoms with Gasteiger partial charge in [0.05, 0.1) is 16.1 Å². The molecule has 1 aromatic rings. The standard InChI is InChI=1S/C12H13Cl2NO/c13-9-5-3-4-8(11(9)14)12(16)10-6-1-2-7-15-10/h3-5,10,15H,1-2,6-7H2. The SMILES string of the molecule is O=C(c1cccc(Cl)c1Cl)C1CCCCN1. The van der Waals surface area contributed by atoms with Crippen LogP contribution in [0.3, 0.4) is 0 Å². The van der Waals surface area contributed by atoms with E-state index >= 15 is 0 Å². The summed E-state index contributed by atoms with van der Waals surface area (Å²) in [6.45, 7) is 0.897. The topological polar surface area (TPSA) is 29.1 Å². The highest BCUT2D eigenvalue weighted by atomic mass is 35.5. The van der Waals surface area contributed by atoms with Crippen molar-refractivity contribution in [3.63, 3.8) is 0 Å². The molecule has 0 saturated carbocycles. The molecular formula is C12H13Cl2NO. The lowest BCUT2D eigenvalue weighted by Gasteiger charge is -2.22. The Bertz CT molecular complexity index is 400. The Balaban J connectivity index is 2.22. The van der Waals surface area contributed by atoms with Crippen LogP contribution < -0.4 is 5.32 Å². The maximum Gasteiger partial charge on any atom is 0.181 e. The summed E-state index contributed by atoms with van der Waals surface area (Å²) in [5.41, 5.74) is 0.522. The molecule has 0 radical (unpaired) electrons. The van der Waals surface area contributed by atoms with E-state index in [-0.39, 0.29) is 11.8 Å². The number of ketones is 1. The minimum absolute atomic E-state index is 0.0483. The first kappa shape index (κ1) is 11.9. The van der Waals surface area contributed by atoms with E-state index in [1.54, 1.807) is 18.2 Å². The number of piperidine rings is 1. The molecule has 1 fully saturated rings. The lowest BCUT2D eigenvalue weighted by molar-refractivity contribution is 0.0927. The Hall–Kier alpha value is -0.570. The second-order valence-electron chi connectivity index (χ2n) is 3.97. The van der Waals surface area contributed by atoms with Gasteiger partial charge in [-0.3, -0.25) is 4.79 Å². The van der Waals surface area contributed by atoms with Gasteiger partial charge in [-0.2, -0.15) is 0 Å². The van der Waals surface area contributed by atoms with Crippen LogP contribution in [0.5, 0.6) is 0 Å². The summed E-state index contributed by atoms with van der Waals surface area (Å²) < 4.78 is 0. The van der Waals surface area contributed by atoms with Crippen LogP contribution in [-0.2, 0) is 0 Å². The van der Waals surface area contributed by atoms with Gasteiger partial charge in [0.2, 0.25) is 0 Å². The van der Waals surface area contributed by atoms with E-state index in [0.29, 0.717) is 15.6 Å². The van der Waals surface area contributed by atoms with Crippen molar-refractivity contribution < 1.29 is 4.79 Å². The van der Waals surface area contributed by atoms with E-state index in [4.69, 9.17) is 23.2 Å². The molecule has 1 aromatic carbocycles. The lowest BCUT2D eigenvalue weighted by Crippen LogP contribution is -2.40. The minimum Gasteiger partial charge on any atom is -0.307 e. The Morgan fingerprint density at radius 2 is 2.12 bits per heavy atom. The predicted molar refractivity (Wildman–Crippen MR) is 66.4 cm³/mol. The van der Waals surface area contributed by atoms with Crippen molar-refractivity contribution in [1.82, 2.24) is 5.32 Å². The number of Topliss-reactive ketones (excluding diaryl/α,β-unsaturated/α-hetero) is 1. The molecule has 1 aliphatic heterocycles. The fraction of sp³-hybridized carbons (Fsp3) is 0.417. The third kappa shape index (κ3) is 2.40. The first-order chi connectivity index (χ1) is 7.70. The summed E-state index contributed by atoms with van der Waals surface area (Å²) in [5.74, 6) is 0.0483. The predicted octanol–water partition coefficient (Wildman–Crippen LogP) is 3.32. The van der Waals surface area contributed by atoms with Gasteiger partial charge in [-0.1, -0.05) is 35.7 Å². The number of benzene rings is 1. The van der Waals surface area contributed by atoms with Crippen LogP contribution in [-0.4, -0.2) is 18.4 Å². The molecule has 0 amide bonds. The molecule has 1 aliphatic rings. The zero-order valence-corrected chi connectivity index (χ0v) is 10.3. The monoisotopic (exact) mass is 257 g/mol. The zero-order valence-electron chi connectivity index (χ0n) is 8.80. The summed E-state index contributed by atoms with van der Waals surface area (Å²) in [6, 6.07) is 5.07. The highest BCUT2D eigenvalue weighted by molar-refractivity contribution is 6.44. The average molecular weight is 258 g/mol. The second kappa shape index (κ2) is 5.17. The van der Waals surface area contributed by atoms with E-state index in [2.05, 4.69) is 5.32 Å². The van der Waals surface area contributed by atoms with E-state index in [0.717, 1.165) is 25.8 Å². The van der Waals surface area contributed by atoms with Crippen molar-refractivity contribution in [2.45, 2.75) is 25.3 Å². The molecule has 2 nitrogen and oxygen atoms in total. The van der Waals surface area contributed by atoms with Gasteiger partial charge >= 0.3 is 0 Å². The Labute approximate surface area is 105 Å². The third-order valence-electron chi connectivity index (χ3n) is 2.84. The average Bonchev–Trinajstić information content (AvgIpc) is 2.33. The molecule has 0 spiro atoms. The van der Waals surface area contributed by atoms with E-state index < -0.39 is 0 Å². The number of hydrogen-bond donors (Lipinski definition) is 1. The van der Waals surface area contributed by atoms with Gasteiger partial charge in [0, 0.05) is 5.56 Å². The van der Waals surface area contributed by atoms with Crippen LogP contribution >= 0.6 is 23.2 Å². The van der Waals surface area contributed by atoms with Gasteiger partial charge in [-0.15, -0.1) is 0 Å². The van der Waals surface area contributed by atoms with Gasteiger partial charge in [0.25, 0.3) is 0 Å². The molecule has 86 valence electrons. The molecule has 1 atom stereocenters. The smallest absolute Gasteiger partial charge is 0.181 e. The number of halogens is 2. The van der Waals surface area contributed by atoms with Crippen LogP contribution in [0.4, 0.5) is 0 Å². The third-order valence-corrected chi connectivity index (χ3v) is 3.66. The molecular weight excluding hydrogens is 245 g/mol. The summed E-state index contributed by atoms with van der Waals surface area (Å²) in [5, 5.41) is 4.01. The van der Waals surface area contributed by atoms with Crippen LogP contribution in [0, 0.1) is 0 Å². The summed E-state index contributed by atoms with van der Waals surface area (Å²) in [6.07, 6.45) is 3.09. The Kier molecular flexibility index (Phi) is 3.85. The van der Waals surface area contributed by atoms with Gasteiger partial charge < -0.3 is 5.32 Å². The highest BCUT2D eigenvalue weighted by Gasteiger charge is 2.23. The van der Waals surface area contributed by atoms with Crippen molar-refractivity contribution in [3.05, 3.63) is 33.8 Å². The normalized spacial score (nSPS) is 20.8. The van der Waals surface area contributed by atoms with E-state index in [1.165, 1.54) is 0 Å². The van der Waals surface area contributed by atoms with Crippen molar-refractivity contribution in [2.75, 3.05) is 6.54 Å². The van der Waals surface area contributed by atoms with E-state index in [9.17, 15) is 4.79 Å². The number of nitrogens with one attached hydrogen (secondary N) is 1. The molecule has 1 heterocycles. The van der Waals surface area contributed by atoms with Crippen molar-refractivity contribution in [1.29, 1.82) is 0 Å². The number of carbonyl (C=O) groups is 1. The molecule has 0 aliphatic carbocycles. The quantitative estimate of drug-likeness (QED) is 0.824. The van der Waals surface area contributed by atoms with Gasteiger partial charge in [-0.05, 0) is 31.5 Å². The Morgan fingerprint density at radius 1 is 1.31 bits per heavy atom. The van der Waals surface area contributed by atoms with Crippen molar-refractivity contribution in [2.24, 2.45) is 0 Å². The van der Waals surface area contributed by atoms with Crippen LogP contribution in [0.15, 0.2) is 18.2 Å².